The Hall–Kier alpha value is -1.80. The van der Waals surface area contributed by atoms with Gasteiger partial charge in [0.05, 0.1) is 11.7 Å². The van der Waals surface area contributed by atoms with Crippen LogP contribution in [0.2, 0.25) is 0 Å². The smallest absolute Gasteiger partial charge is 0.219 e. The lowest BCUT2D eigenvalue weighted by Crippen LogP contribution is -2.06. The molecule has 2 aromatic rings. The number of aromatic nitrogens is 1. The number of fused-ring (bicyclic) bond motifs is 1. The Balaban J connectivity index is 2.74. The highest BCUT2D eigenvalue weighted by molar-refractivity contribution is 9.10. The lowest BCUT2D eigenvalue weighted by atomic mass is 10.1. The third kappa shape index (κ3) is 2.24. The van der Waals surface area contributed by atoms with Gasteiger partial charge in [0, 0.05) is 21.4 Å². The maximum Gasteiger partial charge on any atom is 0.219 e. The normalized spacial score (nSPS) is 10.6. The molecule has 0 aliphatic carbocycles. The predicted octanol–water partition coefficient (Wildman–Crippen LogP) is 3.36. The molecule has 0 atom stereocenters. The molecule has 18 heavy (non-hydrogen) atoms. The van der Waals surface area contributed by atoms with E-state index in [-0.39, 0.29) is 12.0 Å². The molecular weight excluding hydrogens is 296 g/mol. The Morgan fingerprint density at radius 1 is 1.39 bits per heavy atom. The van der Waals surface area contributed by atoms with Crippen LogP contribution in [0.5, 0.6) is 11.6 Å². The van der Waals surface area contributed by atoms with Gasteiger partial charge in [-0.15, -0.1) is 0 Å². The minimum Gasteiger partial charge on any atom is -0.493 e. The van der Waals surface area contributed by atoms with E-state index in [0.717, 1.165) is 9.86 Å². The van der Waals surface area contributed by atoms with Crippen LogP contribution in [-0.4, -0.2) is 16.2 Å². The molecule has 0 spiro atoms. The summed E-state index contributed by atoms with van der Waals surface area (Å²) in [5.41, 5.74) is 0.433. The number of aromatic hydroxyl groups is 1. The fourth-order valence-electron chi connectivity index (χ4n) is 1.66. The third-order valence-electron chi connectivity index (χ3n) is 2.40. The number of pyridine rings is 1. The number of nitriles is 1. The molecule has 1 N–H and O–H groups in total. The summed E-state index contributed by atoms with van der Waals surface area (Å²) in [6.45, 7) is 3.76. The van der Waals surface area contributed by atoms with Crippen LogP contribution >= 0.6 is 15.9 Å². The zero-order chi connectivity index (χ0) is 13.3. The number of benzene rings is 1. The zero-order valence-electron chi connectivity index (χ0n) is 9.94. The molecule has 0 bridgehead atoms. The van der Waals surface area contributed by atoms with E-state index in [1.54, 1.807) is 12.1 Å². The second kappa shape index (κ2) is 4.83. The van der Waals surface area contributed by atoms with Crippen molar-refractivity contribution >= 4 is 26.7 Å². The lowest BCUT2D eigenvalue weighted by Gasteiger charge is -2.13. The minimum absolute atomic E-state index is 0.0446. The van der Waals surface area contributed by atoms with Gasteiger partial charge >= 0.3 is 0 Å². The number of hydrogen-bond donors (Lipinski definition) is 1. The first-order valence-electron chi connectivity index (χ1n) is 5.41. The van der Waals surface area contributed by atoms with E-state index < -0.39 is 0 Å². The third-order valence-corrected chi connectivity index (χ3v) is 3.03. The molecule has 0 aliphatic heterocycles. The van der Waals surface area contributed by atoms with Gasteiger partial charge in [-0.25, -0.2) is 4.98 Å². The number of rotatable bonds is 2. The van der Waals surface area contributed by atoms with E-state index in [9.17, 15) is 5.11 Å². The first-order valence-corrected chi connectivity index (χ1v) is 6.20. The summed E-state index contributed by atoms with van der Waals surface area (Å²) >= 11 is 3.35. The molecule has 1 heterocycles. The molecule has 0 saturated carbocycles. The van der Waals surface area contributed by atoms with Crippen molar-refractivity contribution in [3.63, 3.8) is 0 Å². The highest BCUT2D eigenvalue weighted by Crippen LogP contribution is 2.34. The van der Waals surface area contributed by atoms with E-state index in [2.05, 4.69) is 27.0 Å². The molecule has 0 fully saturated rings. The van der Waals surface area contributed by atoms with Crippen LogP contribution in [0.25, 0.3) is 10.8 Å². The largest absolute Gasteiger partial charge is 0.493 e. The minimum atomic E-state index is -0.0775. The van der Waals surface area contributed by atoms with E-state index in [4.69, 9.17) is 10.00 Å². The highest BCUT2D eigenvalue weighted by Gasteiger charge is 2.12. The monoisotopic (exact) mass is 306 g/mol. The van der Waals surface area contributed by atoms with Crippen LogP contribution in [0.1, 0.15) is 19.4 Å². The van der Waals surface area contributed by atoms with Crippen LogP contribution in [-0.2, 0) is 0 Å². The summed E-state index contributed by atoms with van der Waals surface area (Å²) in [4.78, 5) is 3.85. The number of hydrogen-bond acceptors (Lipinski definition) is 4. The summed E-state index contributed by atoms with van der Waals surface area (Å²) < 4.78 is 6.29. The van der Waals surface area contributed by atoms with Crippen LogP contribution in [0, 0.1) is 11.3 Å². The quantitative estimate of drug-likeness (QED) is 0.924. The Kier molecular flexibility index (Phi) is 3.39. The summed E-state index contributed by atoms with van der Waals surface area (Å²) in [6.07, 6.45) is 1.46. The second-order valence-electron chi connectivity index (χ2n) is 4.10. The van der Waals surface area contributed by atoms with Gasteiger partial charge in [0.15, 0.2) is 0 Å². The average molecular weight is 307 g/mol. The van der Waals surface area contributed by atoms with Gasteiger partial charge in [-0.05, 0) is 41.9 Å². The first-order chi connectivity index (χ1) is 8.52. The Morgan fingerprint density at radius 2 is 2.11 bits per heavy atom. The molecular formula is C13H11BrN2O2. The van der Waals surface area contributed by atoms with E-state index in [1.165, 1.54) is 6.20 Å². The van der Waals surface area contributed by atoms with Crippen LogP contribution in [0.15, 0.2) is 22.8 Å². The standard InChI is InChI=1S/C13H11BrN2O2/c1-7(2)18-12-4-10-9(3-8(12)5-15)11(14)6-16-13(10)17/h3-4,6-7H,1-2H3,(H,16,17). The summed E-state index contributed by atoms with van der Waals surface area (Å²) in [6, 6.07) is 5.41. The van der Waals surface area contributed by atoms with E-state index in [1.807, 2.05) is 13.8 Å². The lowest BCUT2D eigenvalue weighted by molar-refractivity contribution is 0.242. The molecule has 5 heteroatoms. The Bertz CT molecular complexity index is 647. The zero-order valence-corrected chi connectivity index (χ0v) is 11.5. The van der Waals surface area contributed by atoms with Crippen molar-refractivity contribution < 1.29 is 9.84 Å². The molecule has 0 saturated heterocycles. The molecule has 1 aromatic carbocycles. The SMILES string of the molecule is CC(C)Oc1cc2c(O)ncc(Br)c2cc1C#N. The molecule has 1 aromatic heterocycles. The van der Waals surface area contributed by atoms with E-state index >= 15 is 0 Å². The summed E-state index contributed by atoms with van der Waals surface area (Å²) in [5, 5.41) is 20.2. The molecule has 0 unspecified atom stereocenters. The molecule has 4 nitrogen and oxygen atoms in total. The van der Waals surface area contributed by atoms with Gasteiger partial charge < -0.3 is 9.84 Å². The Morgan fingerprint density at radius 3 is 2.72 bits per heavy atom. The fourth-order valence-corrected chi connectivity index (χ4v) is 2.09. The van der Waals surface area contributed by atoms with Gasteiger partial charge in [0.2, 0.25) is 5.88 Å². The second-order valence-corrected chi connectivity index (χ2v) is 4.96. The predicted molar refractivity (Wildman–Crippen MR) is 71.6 cm³/mol. The number of ether oxygens (including phenoxy) is 1. The van der Waals surface area contributed by atoms with E-state index in [0.29, 0.717) is 16.7 Å². The van der Waals surface area contributed by atoms with Crippen LogP contribution in [0.3, 0.4) is 0 Å². The average Bonchev–Trinajstić information content (AvgIpc) is 2.33. The highest BCUT2D eigenvalue weighted by atomic mass is 79.9. The molecule has 92 valence electrons. The maximum absolute atomic E-state index is 9.75. The van der Waals surface area contributed by atoms with Crippen molar-refractivity contribution in [1.29, 1.82) is 5.26 Å². The van der Waals surface area contributed by atoms with Crippen LogP contribution in [0.4, 0.5) is 0 Å². The van der Waals surface area contributed by atoms with Gasteiger partial charge in [-0.2, -0.15) is 5.26 Å². The van der Waals surface area contributed by atoms with Crippen LogP contribution < -0.4 is 4.74 Å². The van der Waals surface area contributed by atoms with Gasteiger partial charge in [-0.1, -0.05) is 0 Å². The molecule has 0 aliphatic rings. The topological polar surface area (TPSA) is 66.1 Å². The summed E-state index contributed by atoms with van der Waals surface area (Å²) in [5.74, 6) is 0.376. The molecule has 2 rings (SSSR count). The molecule has 0 radical (unpaired) electrons. The number of halogens is 1. The van der Waals surface area contributed by atoms with Gasteiger partial charge in [0.25, 0.3) is 0 Å². The molecule has 0 amide bonds. The van der Waals surface area contributed by atoms with Gasteiger partial charge in [-0.3, -0.25) is 0 Å². The Labute approximate surface area is 113 Å². The fraction of sp³-hybridized carbons (Fsp3) is 0.231. The van der Waals surface area contributed by atoms with Gasteiger partial charge in [0.1, 0.15) is 11.8 Å². The maximum atomic E-state index is 9.75. The summed E-state index contributed by atoms with van der Waals surface area (Å²) in [7, 11) is 0. The number of nitrogens with zero attached hydrogens (tertiary/aromatic N) is 2. The first kappa shape index (κ1) is 12.7. The van der Waals surface area contributed by atoms with Crippen molar-refractivity contribution in [2.75, 3.05) is 0 Å². The van der Waals surface area contributed by atoms with Crippen molar-refractivity contribution in [1.82, 2.24) is 4.98 Å². The van der Waals surface area contributed by atoms with Crippen molar-refractivity contribution in [3.8, 4) is 17.7 Å². The van der Waals surface area contributed by atoms with Crippen molar-refractivity contribution in [3.05, 3.63) is 28.4 Å². The van der Waals surface area contributed by atoms with Crippen molar-refractivity contribution in [2.24, 2.45) is 0 Å². The van der Waals surface area contributed by atoms with Crippen molar-refractivity contribution in [2.45, 2.75) is 20.0 Å².